The lowest BCUT2D eigenvalue weighted by atomic mass is 10.2. The third-order valence-electron chi connectivity index (χ3n) is 4.59. The molecule has 0 saturated heterocycles. The number of nitrogens with zero attached hydrogens (tertiary/aromatic N) is 1. The van der Waals surface area contributed by atoms with Gasteiger partial charge in [0.25, 0.3) is 0 Å². The van der Waals surface area contributed by atoms with Crippen molar-refractivity contribution in [3.8, 4) is 11.5 Å². The Hall–Kier alpha value is -3.31. The van der Waals surface area contributed by atoms with Crippen molar-refractivity contribution >= 4 is 11.6 Å². The fourth-order valence-electron chi connectivity index (χ4n) is 3.16. The van der Waals surface area contributed by atoms with Gasteiger partial charge in [-0.15, -0.1) is 0 Å². The topological polar surface area (TPSA) is 50.8 Å². The van der Waals surface area contributed by atoms with Crippen LogP contribution in [0.5, 0.6) is 11.5 Å². The monoisotopic (exact) mass is 374 g/mol. The Morgan fingerprint density at radius 1 is 0.857 bits per heavy atom. The number of nitrogens with one attached hydrogen (secondary N) is 1. The number of amides is 1. The van der Waals surface area contributed by atoms with Crippen molar-refractivity contribution in [2.45, 2.75) is 13.1 Å². The molecule has 0 radical (unpaired) electrons. The van der Waals surface area contributed by atoms with E-state index in [0.717, 1.165) is 28.3 Å². The number of hydrogen-bond donors (Lipinski definition) is 1. The standard InChI is InChI=1S/C23H22N2O3/c26-23(15-24-14-19-11-12-21-22(13-19)28-17-27-21)25(20-9-5-2-6-10-20)16-18-7-3-1-4-8-18/h1-13,24H,14-17H2. The van der Waals surface area contributed by atoms with Gasteiger partial charge in [0, 0.05) is 12.2 Å². The first-order chi connectivity index (χ1) is 13.8. The van der Waals surface area contributed by atoms with Crippen LogP contribution in [0, 0.1) is 0 Å². The summed E-state index contributed by atoms with van der Waals surface area (Å²) in [5, 5.41) is 3.24. The number of ether oxygens (including phenoxy) is 2. The summed E-state index contributed by atoms with van der Waals surface area (Å²) in [5.74, 6) is 1.54. The smallest absolute Gasteiger partial charge is 0.241 e. The molecule has 5 nitrogen and oxygen atoms in total. The highest BCUT2D eigenvalue weighted by Crippen LogP contribution is 2.32. The van der Waals surface area contributed by atoms with Crippen LogP contribution in [0.25, 0.3) is 0 Å². The third-order valence-corrected chi connectivity index (χ3v) is 4.59. The second-order valence-corrected chi connectivity index (χ2v) is 6.59. The number of fused-ring (bicyclic) bond motifs is 1. The highest BCUT2D eigenvalue weighted by atomic mass is 16.7. The van der Waals surface area contributed by atoms with E-state index in [1.165, 1.54) is 0 Å². The van der Waals surface area contributed by atoms with Crippen LogP contribution in [0.4, 0.5) is 5.69 Å². The summed E-state index contributed by atoms with van der Waals surface area (Å²) in [6, 6.07) is 25.6. The summed E-state index contributed by atoms with van der Waals surface area (Å²) < 4.78 is 10.7. The lowest BCUT2D eigenvalue weighted by molar-refractivity contribution is -0.118. The molecule has 142 valence electrons. The van der Waals surface area contributed by atoms with Crippen LogP contribution >= 0.6 is 0 Å². The van der Waals surface area contributed by atoms with Crippen LogP contribution in [0.3, 0.4) is 0 Å². The predicted molar refractivity (Wildman–Crippen MR) is 108 cm³/mol. The zero-order valence-corrected chi connectivity index (χ0v) is 15.5. The molecule has 1 heterocycles. The Labute approximate surface area is 164 Å². The number of hydrogen-bond acceptors (Lipinski definition) is 4. The zero-order valence-electron chi connectivity index (χ0n) is 15.5. The van der Waals surface area contributed by atoms with Gasteiger partial charge < -0.3 is 19.7 Å². The molecule has 3 aromatic rings. The van der Waals surface area contributed by atoms with Crippen LogP contribution in [0.2, 0.25) is 0 Å². The van der Waals surface area contributed by atoms with E-state index >= 15 is 0 Å². The first-order valence-electron chi connectivity index (χ1n) is 9.28. The first kappa shape index (κ1) is 18.1. The zero-order chi connectivity index (χ0) is 19.2. The molecule has 1 N–H and O–H groups in total. The highest BCUT2D eigenvalue weighted by molar-refractivity contribution is 5.94. The number of rotatable bonds is 7. The molecule has 0 spiro atoms. The van der Waals surface area contributed by atoms with E-state index in [4.69, 9.17) is 9.47 Å². The molecular formula is C23H22N2O3. The minimum absolute atomic E-state index is 0.0239. The number of anilines is 1. The average Bonchev–Trinajstić information content (AvgIpc) is 3.21. The van der Waals surface area contributed by atoms with Gasteiger partial charge in [-0.3, -0.25) is 4.79 Å². The minimum atomic E-state index is 0.0239. The summed E-state index contributed by atoms with van der Waals surface area (Å²) >= 11 is 0. The molecule has 1 amide bonds. The maximum absolute atomic E-state index is 12.9. The fourth-order valence-corrected chi connectivity index (χ4v) is 3.16. The SMILES string of the molecule is O=C(CNCc1ccc2c(c1)OCO2)N(Cc1ccccc1)c1ccccc1. The van der Waals surface area contributed by atoms with E-state index in [-0.39, 0.29) is 19.2 Å². The second kappa shape index (κ2) is 8.59. The molecule has 1 aliphatic heterocycles. The van der Waals surface area contributed by atoms with Gasteiger partial charge in [0.05, 0.1) is 13.1 Å². The van der Waals surface area contributed by atoms with Gasteiger partial charge in [-0.25, -0.2) is 0 Å². The Bertz CT molecular complexity index is 929. The molecule has 0 aliphatic carbocycles. The quantitative estimate of drug-likeness (QED) is 0.685. The van der Waals surface area contributed by atoms with Crippen molar-refractivity contribution in [2.75, 3.05) is 18.2 Å². The van der Waals surface area contributed by atoms with Crippen LogP contribution in [0.15, 0.2) is 78.9 Å². The molecule has 0 aromatic heterocycles. The maximum Gasteiger partial charge on any atom is 0.241 e. The second-order valence-electron chi connectivity index (χ2n) is 6.59. The molecule has 0 saturated carbocycles. The Morgan fingerprint density at radius 3 is 2.36 bits per heavy atom. The molecule has 3 aromatic carbocycles. The van der Waals surface area contributed by atoms with Crippen LogP contribution in [0.1, 0.15) is 11.1 Å². The largest absolute Gasteiger partial charge is 0.454 e. The van der Waals surface area contributed by atoms with Crippen LogP contribution < -0.4 is 19.7 Å². The highest BCUT2D eigenvalue weighted by Gasteiger charge is 2.16. The Kier molecular flexibility index (Phi) is 5.54. The number of benzene rings is 3. The van der Waals surface area contributed by atoms with Gasteiger partial charge in [0.1, 0.15) is 0 Å². The molecule has 0 bridgehead atoms. The van der Waals surface area contributed by atoms with Gasteiger partial charge in [0.15, 0.2) is 11.5 Å². The van der Waals surface area contributed by atoms with Crippen molar-refractivity contribution in [3.63, 3.8) is 0 Å². The fraction of sp³-hybridized carbons (Fsp3) is 0.174. The molecule has 0 fully saturated rings. The Balaban J connectivity index is 1.40. The summed E-state index contributed by atoms with van der Waals surface area (Å²) in [6.07, 6.45) is 0. The number of carbonyl (C=O) groups excluding carboxylic acids is 1. The predicted octanol–water partition coefficient (Wildman–Crippen LogP) is 3.74. The van der Waals surface area contributed by atoms with Crippen LogP contribution in [-0.2, 0) is 17.9 Å². The van der Waals surface area contributed by atoms with Crippen molar-refractivity contribution in [1.29, 1.82) is 0 Å². The normalized spacial score (nSPS) is 12.0. The lowest BCUT2D eigenvalue weighted by Gasteiger charge is -2.23. The average molecular weight is 374 g/mol. The van der Waals surface area contributed by atoms with Crippen molar-refractivity contribution in [1.82, 2.24) is 5.32 Å². The molecule has 4 rings (SSSR count). The van der Waals surface area contributed by atoms with E-state index in [1.807, 2.05) is 83.8 Å². The van der Waals surface area contributed by atoms with E-state index in [1.54, 1.807) is 0 Å². The van der Waals surface area contributed by atoms with Crippen molar-refractivity contribution in [3.05, 3.63) is 90.0 Å². The van der Waals surface area contributed by atoms with Gasteiger partial charge in [0.2, 0.25) is 12.7 Å². The molecular weight excluding hydrogens is 352 g/mol. The molecule has 28 heavy (non-hydrogen) atoms. The van der Waals surface area contributed by atoms with Crippen LogP contribution in [-0.4, -0.2) is 19.2 Å². The molecule has 5 heteroatoms. The molecule has 0 atom stereocenters. The summed E-state index contributed by atoms with van der Waals surface area (Å²) in [5.41, 5.74) is 3.03. The summed E-state index contributed by atoms with van der Waals surface area (Å²) in [4.78, 5) is 14.8. The van der Waals surface area contributed by atoms with E-state index < -0.39 is 0 Å². The molecule has 1 aliphatic rings. The van der Waals surface area contributed by atoms with Gasteiger partial charge in [-0.2, -0.15) is 0 Å². The van der Waals surface area contributed by atoms with E-state index in [2.05, 4.69) is 5.32 Å². The first-order valence-corrected chi connectivity index (χ1v) is 9.28. The van der Waals surface area contributed by atoms with Crippen molar-refractivity contribution < 1.29 is 14.3 Å². The van der Waals surface area contributed by atoms with Gasteiger partial charge in [-0.1, -0.05) is 54.6 Å². The van der Waals surface area contributed by atoms with E-state index in [0.29, 0.717) is 13.1 Å². The van der Waals surface area contributed by atoms with Gasteiger partial charge >= 0.3 is 0 Å². The van der Waals surface area contributed by atoms with Gasteiger partial charge in [-0.05, 0) is 35.4 Å². The minimum Gasteiger partial charge on any atom is -0.454 e. The summed E-state index contributed by atoms with van der Waals surface area (Å²) in [6.45, 7) is 1.62. The van der Waals surface area contributed by atoms with Crippen molar-refractivity contribution in [2.24, 2.45) is 0 Å². The lowest BCUT2D eigenvalue weighted by Crippen LogP contribution is -2.37. The maximum atomic E-state index is 12.9. The molecule has 0 unspecified atom stereocenters. The number of carbonyl (C=O) groups is 1. The number of para-hydroxylation sites is 1. The van der Waals surface area contributed by atoms with E-state index in [9.17, 15) is 4.79 Å². The third kappa shape index (κ3) is 4.32. The Morgan fingerprint density at radius 2 is 1.57 bits per heavy atom. The summed E-state index contributed by atoms with van der Waals surface area (Å²) in [7, 11) is 0.